The first-order valence-corrected chi connectivity index (χ1v) is 21.9. The van der Waals surface area contributed by atoms with E-state index in [9.17, 15) is 9.59 Å². The van der Waals surface area contributed by atoms with Crippen LogP contribution in [0.2, 0.25) is 0 Å². The standard InChI is InChI=1S/C47H76O6/c1-5-9-13-17-21-25-33-50-44-31-29-40(37-46(44)52-35-27-23-19-15-11-7-3)42(48)39-43(49)41-30-32-45(51-34-26-22-18-14-10-6-2)47(38-41)53-36-28-24-20-16-12-8-4/h29-32,37-38H,5-28,33-36,39H2,1-4H3. The molecule has 0 heterocycles. The van der Waals surface area contributed by atoms with Crippen molar-refractivity contribution in [2.75, 3.05) is 26.4 Å². The van der Waals surface area contributed by atoms with E-state index in [1.165, 1.54) is 103 Å². The van der Waals surface area contributed by atoms with Gasteiger partial charge < -0.3 is 18.9 Å². The molecule has 2 aromatic rings. The lowest BCUT2D eigenvalue weighted by atomic mass is 10.0. The molecule has 0 aromatic heterocycles. The van der Waals surface area contributed by atoms with Crippen LogP contribution >= 0.6 is 0 Å². The molecule has 0 saturated heterocycles. The normalized spacial score (nSPS) is 11.1. The molecule has 300 valence electrons. The lowest BCUT2D eigenvalue weighted by Crippen LogP contribution is -2.11. The zero-order valence-corrected chi connectivity index (χ0v) is 34.4. The number of benzene rings is 2. The van der Waals surface area contributed by atoms with Crippen LogP contribution in [-0.2, 0) is 0 Å². The monoisotopic (exact) mass is 737 g/mol. The third-order valence-electron chi connectivity index (χ3n) is 9.87. The summed E-state index contributed by atoms with van der Waals surface area (Å²) in [6.45, 7) is 11.3. The summed E-state index contributed by atoms with van der Waals surface area (Å²) in [5, 5.41) is 0. The van der Waals surface area contributed by atoms with E-state index in [0.29, 0.717) is 60.6 Å². The molecule has 0 amide bonds. The van der Waals surface area contributed by atoms with Crippen LogP contribution < -0.4 is 18.9 Å². The van der Waals surface area contributed by atoms with Crippen LogP contribution in [0, 0.1) is 0 Å². The second-order valence-electron chi connectivity index (χ2n) is 14.8. The largest absolute Gasteiger partial charge is 0.490 e. The highest BCUT2D eigenvalue weighted by molar-refractivity contribution is 6.13. The molecule has 0 saturated carbocycles. The number of Topliss-reactive ketones (excluding diaryl/α,β-unsaturated/α-hetero) is 2. The third kappa shape index (κ3) is 21.5. The van der Waals surface area contributed by atoms with Crippen molar-refractivity contribution in [3.8, 4) is 23.0 Å². The van der Waals surface area contributed by atoms with Gasteiger partial charge in [-0.1, -0.05) is 156 Å². The maximum Gasteiger partial charge on any atom is 0.170 e. The van der Waals surface area contributed by atoms with E-state index in [0.717, 1.165) is 51.4 Å². The highest BCUT2D eigenvalue weighted by atomic mass is 16.5. The number of ketones is 2. The predicted octanol–water partition coefficient (Wildman–Crippen LogP) is 14.1. The number of hydrogen-bond acceptors (Lipinski definition) is 6. The fourth-order valence-electron chi connectivity index (χ4n) is 6.44. The predicted molar refractivity (Wildman–Crippen MR) is 222 cm³/mol. The van der Waals surface area contributed by atoms with Crippen LogP contribution in [0.4, 0.5) is 0 Å². The molecule has 2 aromatic carbocycles. The zero-order chi connectivity index (χ0) is 38.2. The SMILES string of the molecule is CCCCCCCCOc1ccc(C(=O)CC(=O)c2ccc(OCCCCCCCC)c(OCCCCCCCC)c2)cc1OCCCCCCCC. The summed E-state index contributed by atoms with van der Waals surface area (Å²) in [6.07, 6.45) is 28.1. The van der Waals surface area contributed by atoms with Gasteiger partial charge in [0.25, 0.3) is 0 Å². The van der Waals surface area contributed by atoms with Gasteiger partial charge in [-0.2, -0.15) is 0 Å². The molecule has 0 unspecified atom stereocenters. The molecule has 6 nitrogen and oxygen atoms in total. The minimum Gasteiger partial charge on any atom is -0.490 e. The van der Waals surface area contributed by atoms with Crippen molar-refractivity contribution in [3.05, 3.63) is 47.5 Å². The average molecular weight is 737 g/mol. The van der Waals surface area contributed by atoms with Crippen molar-refractivity contribution in [1.82, 2.24) is 0 Å². The second kappa shape index (κ2) is 31.3. The highest BCUT2D eigenvalue weighted by Crippen LogP contribution is 2.32. The third-order valence-corrected chi connectivity index (χ3v) is 9.87. The maximum absolute atomic E-state index is 13.5. The Bertz CT molecular complexity index is 1130. The second-order valence-corrected chi connectivity index (χ2v) is 14.8. The summed E-state index contributed by atoms with van der Waals surface area (Å²) in [5.74, 6) is 2.02. The van der Waals surface area contributed by atoms with Crippen molar-refractivity contribution in [2.24, 2.45) is 0 Å². The van der Waals surface area contributed by atoms with E-state index >= 15 is 0 Å². The Morgan fingerprint density at radius 2 is 0.623 bits per heavy atom. The van der Waals surface area contributed by atoms with Crippen LogP contribution in [0.1, 0.15) is 209 Å². The molecule has 0 radical (unpaired) electrons. The van der Waals surface area contributed by atoms with Gasteiger partial charge >= 0.3 is 0 Å². The van der Waals surface area contributed by atoms with Gasteiger partial charge in [0, 0.05) is 11.1 Å². The molecule has 0 spiro atoms. The van der Waals surface area contributed by atoms with Gasteiger partial charge in [-0.05, 0) is 62.1 Å². The molecule has 0 aliphatic carbocycles. The van der Waals surface area contributed by atoms with Gasteiger partial charge in [-0.3, -0.25) is 9.59 Å². The Balaban J connectivity index is 2.07. The Kier molecular flexibility index (Phi) is 27.3. The number of rotatable bonds is 36. The number of ether oxygens (including phenoxy) is 4. The van der Waals surface area contributed by atoms with E-state index in [-0.39, 0.29) is 18.0 Å². The van der Waals surface area contributed by atoms with Gasteiger partial charge in [0.2, 0.25) is 0 Å². The fraction of sp³-hybridized carbons (Fsp3) is 0.702. The number of unbranched alkanes of at least 4 members (excludes halogenated alkanes) is 20. The lowest BCUT2D eigenvalue weighted by Gasteiger charge is -2.15. The summed E-state index contributed by atoms with van der Waals surface area (Å²) in [7, 11) is 0. The van der Waals surface area contributed by atoms with E-state index in [1.807, 2.05) is 12.1 Å². The zero-order valence-electron chi connectivity index (χ0n) is 34.4. The Morgan fingerprint density at radius 3 is 0.925 bits per heavy atom. The van der Waals surface area contributed by atoms with Crippen molar-refractivity contribution in [3.63, 3.8) is 0 Å². The molecule has 0 N–H and O–H groups in total. The van der Waals surface area contributed by atoms with Crippen LogP contribution in [0.5, 0.6) is 23.0 Å². The van der Waals surface area contributed by atoms with E-state index in [2.05, 4.69) is 27.7 Å². The Hall–Kier alpha value is -3.02. The molecule has 2 rings (SSSR count). The molecule has 0 aliphatic heterocycles. The average Bonchev–Trinajstić information content (AvgIpc) is 3.17. The van der Waals surface area contributed by atoms with E-state index in [1.54, 1.807) is 24.3 Å². The lowest BCUT2D eigenvalue weighted by molar-refractivity contribution is 0.0893. The molecule has 0 fully saturated rings. The van der Waals surface area contributed by atoms with Crippen molar-refractivity contribution < 1.29 is 28.5 Å². The summed E-state index contributed by atoms with van der Waals surface area (Å²) < 4.78 is 24.7. The molecular formula is C47H76O6. The first kappa shape index (κ1) is 46.1. The summed E-state index contributed by atoms with van der Waals surface area (Å²) in [6, 6.07) is 10.7. The fourth-order valence-corrected chi connectivity index (χ4v) is 6.44. The first-order valence-electron chi connectivity index (χ1n) is 21.9. The van der Waals surface area contributed by atoms with E-state index in [4.69, 9.17) is 18.9 Å². The topological polar surface area (TPSA) is 71.1 Å². The van der Waals surface area contributed by atoms with E-state index < -0.39 is 0 Å². The number of hydrogen-bond donors (Lipinski definition) is 0. The van der Waals surface area contributed by atoms with Crippen LogP contribution in [0.3, 0.4) is 0 Å². The van der Waals surface area contributed by atoms with Gasteiger partial charge in [-0.15, -0.1) is 0 Å². The van der Waals surface area contributed by atoms with Crippen molar-refractivity contribution >= 4 is 11.6 Å². The molecule has 0 bridgehead atoms. The summed E-state index contributed by atoms with van der Waals surface area (Å²) in [4.78, 5) is 27.0. The maximum atomic E-state index is 13.5. The Morgan fingerprint density at radius 1 is 0.358 bits per heavy atom. The molecule has 53 heavy (non-hydrogen) atoms. The van der Waals surface area contributed by atoms with Gasteiger partial charge in [-0.25, -0.2) is 0 Å². The summed E-state index contributed by atoms with van der Waals surface area (Å²) >= 11 is 0. The molecule has 0 atom stereocenters. The van der Waals surface area contributed by atoms with Gasteiger partial charge in [0.05, 0.1) is 32.8 Å². The minimum absolute atomic E-state index is 0.232. The molecule has 6 heteroatoms. The van der Waals surface area contributed by atoms with Crippen LogP contribution in [0.25, 0.3) is 0 Å². The van der Waals surface area contributed by atoms with Crippen LogP contribution in [0.15, 0.2) is 36.4 Å². The first-order chi connectivity index (χ1) is 26.0. The van der Waals surface area contributed by atoms with Crippen LogP contribution in [-0.4, -0.2) is 38.0 Å². The summed E-state index contributed by atoms with van der Waals surface area (Å²) in [5.41, 5.74) is 0.920. The molecule has 0 aliphatic rings. The number of carbonyl (C=O) groups excluding carboxylic acids is 2. The minimum atomic E-state index is -0.236. The van der Waals surface area contributed by atoms with Gasteiger partial charge in [0.1, 0.15) is 0 Å². The van der Waals surface area contributed by atoms with Gasteiger partial charge in [0.15, 0.2) is 34.6 Å². The van der Waals surface area contributed by atoms with Crippen molar-refractivity contribution in [1.29, 1.82) is 0 Å². The molecular weight excluding hydrogens is 661 g/mol. The Labute approximate surface area is 324 Å². The number of carbonyl (C=O) groups is 2. The quantitative estimate of drug-likeness (QED) is 0.0394. The van der Waals surface area contributed by atoms with Crippen molar-refractivity contribution in [2.45, 2.75) is 188 Å². The highest BCUT2D eigenvalue weighted by Gasteiger charge is 2.19. The smallest absolute Gasteiger partial charge is 0.170 e.